The van der Waals surface area contributed by atoms with Crippen molar-refractivity contribution in [3.8, 4) is 0 Å². The van der Waals surface area contributed by atoms with Gasteiger partial charge in [0, 0.05) is 48.9 Å². The molecule has 0 unspecified atom stereocenters. The Bertz CT molecular complexity index is 2220. The molecule has 9 rings (SSSR count). The number of halogens is 2. The molecule has 2 saturated heterocycles. The van der Waals surface area contributed by atoms with Gasteiger partial charge in [-0.05, 0) is 41.9 Å². The standard InChI is InChI=1S/C43H36Cl2N4O3/c1-48-25-32(29-16-7-3-8-17-29)41(43(48)31-20-11-12-23-35(31)46-40(43)51)26-49(24-28-14-5-2-6-15-28)27-42(39(41)50)37(30-18-9-4-10-19-30)38(47-52-42)36-33(44)21-13-22-34(36)45/h2-23,32,37H,24-27H2,1H3,(H,46,51)/t32-,37+,41+,42+,43+/m0/s1. The number of likely N-dealkylation sites (N-methyl/N-ethyl adjacent to an activating group) is 1. The van der Waals surface area contributed by atoms with Gasteiger partial charge in [0.25, 0.3) is 5.91 Å². The topological polar surface area (TPSA) is 74.2 Å². The summed E-state index contributed by atoms with van der Waals surface area (Å²) >= 11 is 13.8. The number of oxime groups is 1. The first-order valence-electron chi connectivity index (χ1n) is 17.5. The van der Waals surface area contributed by atoms with Gasteiger partial charge in [0.2, 0.25) is 5.60 Å². The minimum absolute atomic E-state index is 0.162. The maximum absolute atomic E-state index is 16.7. The molecule has 52 heavy (non-hydrogen) atoms. The third-order valence-corrected chi connectivity index (χ3v) is 12.4. The Morgan fingerprint density at radius 2 is 1.38 bits per heavy atom. The molecule has 9 heteroatoms. The maximum atomic E-state index is 16.7. The van der Waals surface area contributed by atoms with E-state index in [1.165, 1.54) is 0 Å². The molecule has 3 spiro atoms. The fourth-order valence-electron chi connectivity index (χ4n) is 9.82. The Kier molecular flexibility index (Phi) is 7.90. The van der Waals surface area contributed by atoms with Gasteiger partial charge in [0.05, 0.1) is 21.4 Å². The quantitative estimate of drug-likeness (QED) is 0.199. The van der Waals surface area contributed by atoms with Crippen LogP contribution in [0.15, 0.2) is 139 Å². The first-order chi connectivity index (χ1) is 25.3. The number of hydrogen-bond donors (Lipinski definition) is 1. The van der Waals surface area contributed by atoms with Crippen molar-refractivity contribution in [2.24, 2.45) is 10.6 Å². The van der Waals surface area contributed by atoms with Crippen LogP contribution in [0.3, 0.4) is 0 Å². The number of benzene rings is 5. The molecular weight excluding hydrogens is 691 g/mol. The van der Waals surface area contributed by atoms with Gasteiger partial charge in [-0.2, -0.15) is 0 Å². The molecule has 4 aliphatic rings. The van der Waals surface area contributed by atoms with E-state index in [9.17, 15) is 0 Å². The Morgan fingerprint density at radius 3 is 2.08 bits per heavy atom. The average molecular weight is 728 g/mol. The van der Waals surface area contributed by atoms with Crippen LogP contribution < -0.4 is 5.32 Å². The summed E-state index contributed by atoms with van der Waals surface area (Å²) in [5.74, 6) is -1.46. The summed E-state index contributed by atoms with van der Waals surface area (Å²) in [5.41, 5.74) is 1.16. The molecule has 0 saturated carbocycles. The highest BCUT2D eigenvalue weighted by atomic mass is 35.5. The summed E-state index contributed by atoms with van der Waals surface area (Å²) in [6, 6.07) is 43.3. The van der Waals surface area contributed by atoms with Crippen LogP contribution in [0.2, 0.25) is 10.0 Å². The molecule has 5 atom stereocenters. The van der Waals surface area contributed by atoms with Gasteiger partial charge in [-0.15, -0.1) is 0 Å². The molecule has 0 bridgehead atoms. The van der Waals surface area contributed by atoms with E-state index in [1.807, 2.05) is 98.0 Å². The molecule has 7 nitrogen and oxygen atoms in total. The molecule has 1 N–H and O–H groups in total. The summed E-state index contributed by atoms with van der Waals surface area (Å²) in [7, 11) is 1.97. The predicted octanol–water partition coefficient (Wildman–Crippen LogP) is 7.90. The molecule has 5 aromatic carbocycles. The second-order valence-electron chi connectivity index (χ2n) is 14.4. The molecule has 1 amide bonds. The zero-order valence-electron chi connectivity index (χ0n) is 28.5. The highest BCUT2D eigenvalue weighted by Crippen LogP contribution is 2.66. The van der Waals surface area contributed by atoms with Crippen LogP contribution in [-0.4, -0.2) is 59.5 Å². The fourth-order valence-corrected chi connectivity index (χ4v) is 10.4. The van der Waals surface area contributed by atoms with E-state index in [4.69, 9.17) is 33.2 Å². The number of nitrogens with one attached hydrogen (secondary N) is 1. The lowest BCUT2D eigenvalue weighted by molar-refractivity contribution is -0.180. The monoisotopic (exact) mass is 726 g/mol. The van der Waals surface area contributed by atoms with Gasteiger partial charge in [0.1, 0.15) is 11.3 Å². The largest absolute Gasteiger partial charge is 0.378 e. The number of carbonyl (C=O) groups is 2. The number of ketones is 1. The second-order valence-corrected chi connectivity index (χ2v) is 15.2. The molecule has 4 aliphatic heterocycles. The number of para-hydroxylation sites is 1. The molecule has 0 aromatic heterocycles. The Labute approximate surface area is 312 Å². The smallest absolute Gasteiger partial charge is 0.250 e. The third kappa shape index (κ3) is 4.56. The minimum atomic E-state index is -1.56. The number of amides is 1. The SMILES string of the molecule is CN1C[C@@H](c2ccccc2)[C@@]2(CN(Cc3ccccc3)C[C@]3(ON=C(c4c(Cl)cccc4Cl)[C@H]3c3ccccc3)C2=O)[C@@]12C(=O)Nc1ccccc12. The Hall–Kier alpha value is -4.79. The van der Waals surface area contributed by atoms with Crippen LogP contribution in [0, 0.1) is 5.41 Å². The van der Waals surface area contributed by atoms with Gasteiger partial charge in [-0.1, -0.05) is 144 Å². The normalized spacial score (nSPS) is 28.3. The summed E-state index contributed by atoms with van der Waals surface area (Å²) in [6.45, 7) is 1.52. The lowest BCUT2D eigenvalue weighted by Crippen LogP contribution is -2.73. The van der Waals surface area contributed by atoms with E-state index in [-0.39, 0.29) is 24.2 Å². The van der Waals surface area contributed by atoms with Crippen molar-refractivity contribution >= 4 is 46.3 Å². The minimum Gasteiger partial charge on any atom is -0.378 e. The van der Waals surface area contributed by atoms with E-state index in [2.05, 4.69) is 39.4 Å². The Balaban J connectivity index is 1.34. The van der Waals surface area contributed by atoms with E-state index < -0.39 is 22.5 Å². The molecule has 5 aromatic rings. The maximum Gasteiger partial charge on any atom is 0.250 e. The van der Waals surface area contributed by atoms with Crippen LogP contribution in [0.25, 0.3) is 0 Å². The fraction of sp³-hybridized carbons (Fsp3) is 0.233. The first kappa shape index (κ1) is 33.1. The lowest BCUT2D eigenvalue weighted by Gasteiger charge is -2.55. The molecule has 4 heterocycles. The summed E-state index contributed by atoms with van der Waals surface area (Å²) in [6.07, 6.45) is 0. The molecule has 260 valence electrons. The number of nitrogens with zero attached hydrogens (tertiary/aromatic N) is 3. The predicted molar refractivity (Wildman–Crippen MR) is 204 cm³/mol. The van der Waals surface area contributed by atoms with E-state index in [0.717, 1.165) is 22.3 Å². The number of piperidine rings is 1. The van der Waals surface area contributed by atoms with Crippen LogP contribution in [0.4, 0.5) is 5.69 Å². The zero-order chi connectivity index (χ0) is 35.7. The molecular formula is C43H36Cl2N4O3. The summed E-state index contributed by atoms with van der Waals surface area (Å²) in [5, 5.41) is 8.82. The number of rotatable bonds is 5. The average Bonchev–Trinajstić information content (AvgIpc) is 3.77. The van der Waals surface area contributed by atoms with Crippen molar-refractivity contribution in [1.82, 2.24) is 9.80 Å². The van der Waals surface area contributed by atoms with Crippen molar-refractivity contribution in [3.63, 3.8) is 0 Å². The van der Waals surface area contributed by atoms with Gasteiger partial charge in [-0.25, -0.2) is 0 Å². The summed E-state index contributed by atoms with van der Waals surface area (Å²) in [4.78, 5) is 42.8. The number of Topliss-reactive ketones (excluding diaryl/α,β-unsaturated/α-hetero) is 1. The van der Waals surface area contributed by atoms with Gasteiger partial charge in [-0.3, -0.25) is 19.4 Å². The number of hydrogen-bond acceptors (Lipinski definition) is 6. The second kappa shape index (κ2) is 12.4. The molecule has 2 fully saturated rings. The number of fused-ring (bicyclic) bond motifs is 3. The van der Waals surface area contributed by atoms with Crippen LogP contribution in [0.1, 0.15) is 39.7 Å². The van der Waals surface area contributed by atoms with Crippen LogP contribution >= 0.6 is 23.2 Å². The van der Waals surface area contributed by atoms with Crippen molar-refractivity contribution in [2.45, 2.75) is 29.5 Å². The van der Waals surface area contributed by atoms with Crippen molar-refractivity contribution in [3.05, 3.63) is 171 Å². The van der Waals surface area contributed by atoms with E-state index in [0.29, 0.717) is 46.6 Å². The van der Waals surface area contributed by atoms with Crippen LogP contribution in [-0.2, 0) is 26.5 Å². The van der Waals surface area contributed by atoms with E-state index in [1.54, 1.807) is 18.2 Å². The highest BCUT2D eigenvalue weighted by Gasteiger charge is 2.79. The third-order valence-electron chi connectivity index (χ3n) is 11.7. The van der Waals surface area contributed by atoms with Crippen molar-refractivity contribution in [1.29, 1.82) is 0 Å². The highest BCUT2D eigenvalue weighted by molar-refractivity contribution is 6.41. The number of anilines is 1. The van der Waals surface area contributed by atoms with Crippen LogP contribution in [0.5, 0.6) is 0 Å². The van der Waals surface area contributed by atoms with Gasteiger partial charge in [0.15, 0.2) is 5.78 Å². The number of carbonyl (C=O) groups excluding carboxylic acids is 2. The van der Waals surface area contributed by atoms with E-state index >= 15 is 9.59 Å². The molecule has 0 radical (unpaired) electrons. The lowest BCUT2D eigenvalue weighted by atomic mass is 9.52. The molecule has 0 aliphatic carbocycles. The van der Waals surface area contributed by atoms with Gasteiger partial charge >= 0.3 is 0 Å². The number of likely N-dealkylation sites (tertiary alicyclic amines) is 2. The van der Waals surface area contributed by atoms with Crippen molar-refractivity contribution < 1.29 is 14.4 Å². The van der Waals surface area contributed by atoms with Crippen molar-refractivity contribution in [2.75, 3.05) is 32.0 Å². The first-order valence-corrected chi connectivity index (χ1v) is 18.3. The Morgan fingerprint density at radius 1 is 0.769 bits per heavy atom. The zero-order valence-corrected chi connectivity index (χ0v) is 30.0. The summed E-state index contributed by atoms with van der Waals surface area (Å²) < 4.78 is 0. The van der Waals surface area contributed by atoms with Gasteiger partial charge < -0.3 is 10.2 Å².